The second-order valence-corrected chi connectivity index (χ2v) is 9.38. The second-order valence-electron chi connectivity index (χ2n) is 7.54. The van der Waals surface area contributed by atoms with Crippen LogP contribution in [0, 0.1) is 11.8 Å². The molecule has 1 aromatic carbocycles. The summed E-state index contributed by atoms with van der Waals surface area (Å²) in [5, 5.41) is -0.706. The number of hydrogen-bond donors (Lipinski definition) is 0. The van der Waals surface area contributed by atoms with Gasteiger partial charge in [-0.2, -0.15) is 13.2 Å². The molecule has 2 aliphatic heterocycles. The molecule has 152 valence electrons. The van der Waals surface area contributed by atoms with E-state index in [9.17, 15) is 22.8 Å². The Morgan fingerprint density at radius 2 is 1.82 bits per heavy atom. The Morgan fingerprint density at radius 1 is 1.18 bits per heavy atom. The van der Waals surface area contributed by atoms with Crippen molar-refractivity contribution < 1.29 is 22.8 Å². The van der Waals surface area contributed by atoms with Gasteiger partial charge in [0.2, 0.25) is 11.8 Å². The molecule has 3 rings (SSSR count). The lowest BCUT2D eigenvalue weighted by Crippen LogP contribution is -2.41. The standard InChI is InChI=1S/C19H21F3N2O2S2/c1-11-6-12(2)10-23(9-11)18(27)28-15-8-16(25)24(17(15)26)14-5-3-4-13(7-14)19(20,21)22/h3-5,7,11-12,15H,6,8-10H2,1-2H3. The average Bonchev–Trinajstić information content (AvgIpc) is 2.87. The number of piperidine rings is 1. The topological polar surface area (TPSA) is 40.6 Å². The van der Waals surface area contributed by atoms with Gasteiger partial charge in [0.15, 0.2) is 0 Å². The minimum atomic E-state index is -4.54. The number of halogens is 3. The maximum Gasteiger partial charge on any atom is 0.416 e. The van der Waals surface area contributed by atoms with Gasteiger partial charge in [-0.05, 0) is 36.5 Å². The molecule has 0 N–H and O–H groups in total. The summed E-state index contributed by atoms with van der Waals surface area (Å²) >= 11 is 6.65. The van der Waals surface area contributed by atoms with Crippen LogP contribution in [0.5, 0.6) is 0 Å². The molecule has 0 saturated carbocycles. The van der Waals surface area contributed by atoms with E-state index >= 15 is 0 Å². The van der Waals surface area contributed by atoms with Gasteiger partial charge in [-0.25, -0.2) is 4.90 Å². The number of carbonyl (C=O) groups is 2. The molecule has 2 fully saturated rings. The van der Waals surface area contributed by atoms with Gasteiger partial charge in [0, 0.05) is 19.5 Å². The van der Waals surface area contributed by atoms with E-state index in [-0.39, 0.29) is 12.1 Å². The number of rotatable bonds is 2. The van der Waals surface area contributed by atoms with Crippen LogP contribution in [0.4, 0.5) is 18.9 Å². The zero-order valence-corrected chi connectivity index (χ0v) is 17.2. The van der Waals surface area contributed by atoms with Crippen LogP contribution in [-0.4, -0.2) is 39.4 Å². The lowest BCUT2D eigenvalue weighted by molar-refractivity contribution is -0.137. The fraction of sp³-hybridized carbons (Fsp3) is 0.526. The Labute approximate surface area is 171 Å². The predicted molar refractivity (Wildman–Crippen MR) is 107 cm³/mol. The number of nitrogens with zero attached hydrogens (tertiary/aromatic N) is 2. The van der Waals surface area contributed by atoms with Gasteiger partial charge in [-0.1, -0.05) is 43.9 Å². The Bertz CT molecular complexity index is 790. The van der Waals surface area contributed by atoms with E-state index in [0.29, 0.717) is 16.2 Å². The maximum absolute atomic E-state index is 13.0. The molecule has 1 aromatic rings. The molecular weight excluding hydrogens is 409 g/mol. The summed E-state index contributed by atoms with van der Waals surface area (Å²) in [5.41, 5.74) is -0.951. The lowest BCUT2D eigenvalue weighted by Gasteiger charge is -2.36. The highest BCUT2D eigenvalue weighted by Crippen LogP contribution is 2.36. The highest BCUT2D eigenvalue weighted by atomic mass is 32.2. The van der Waals surface area contributed by atoms with Gasteiger partial charge >= 0.3 is 6.18 Å². The smallest absolute Gasteiger partial charge is 0.357 e. The van der Waals surface area contributed by atoms with Crippen molar-refractivity contribution in [3.63, 3.8) is 0 Å². The number of amides is 2. The number of anilines is 1. The molecule has 0 aromatic heterocycles. The van der Waals surface area contributed by atoms with Crippen LogP contribution in [0.15, 0.2) is 24.3 Å². The van der Waals surface area contributed by atoms with Crippen molar-refractivity contribution in [2.24, 2.45) is 11.8 Å². The maximum atomic E-state index is 13.0. The van der Waals surface area contributed by atoms with Crippen molar-refractivity contribution in [3.8, 4) is 0 Å². The first-order chi connectivity index (χ1) is 13.1. The van der Waals surface area contributed by atoms with Crippen LogP contribution in [-0.2, 0) is 15.8 Å². The van der Waals surface area contributed by atoms with E-state index < -0.39 is 28.8 Å². The zero-order chi connectivity index (χ0) is 20.6. The van der Waals surface area contributed by atoms with Gasteiger partial charge in [-0.3, -0.25) is 9.59 Å². The quantitative estimate of drug-likeness (QED) is 0.516. The minimum Gasteiger partial charge on any atom is -0.357 e. The number of carbonyl (C=O) groups excluding carboxylic acids is 2. The van der Waals surface area contributed by atoms with E-state index in [2.05, 4.69) is 18.7 Å². The summed E-state index contributed by atoms with van der Waals surface area (Å²) in [6.07, 6.45) is -3.49. The number of thioether (sulfide) groups is 1. The lowest BCUT2D eigenvalue weighted by atomic mass is 9.92. The van der Waals surface area contributed by atoms with Crippen LogP contribution >= 0.6 is 24.0 Å². The highest BCUT2D eigenvalue weighted by Gasteiger charge is 2.42. The van der Waals surface area contributed by atoms with Crippen molar-refractivity contribution in [2.45, 2.75) is 38.1 Å². The number of hydrogen-bond acceptors (Lipinski definition) is 4. The normalized spacial score (nSPS) is 26.1. The van der Waals surface area contributed by atoms with E-state index in [0.717, 1.165) is 48.3 Å². The van der Waals surface area contributed by atoms with Crippen molar-refractivity contribution >= 4 is 45.8 Å². The average molecular weight is 431 g/mol. The molecule has 2 saturated heterocycles. The van der Waals surface area contributed by atoms with E-state index in [1.165, 1.54) is 12.1 Å². The first-order valence-corrected chi connectivity index (χ1v) is 10.3. The molecule has 2 amide bonds. The molecule has 0 radical (unpaired) electrons. The molecule has 2 heterocycles. The number of imide groups is 1. The summed E-state index contributed by atoms with van der Waals surface area (Å²) in [4.78, 5) is 28.0. The summed E-state index contributed by atoms with van der Waals surface area (Å²) < 4.78 is 39.4. The van der Waals surface area contributed by atoms with Crippen LogP contribution < -0.4 is 4.90 Å². The van der Waals surface area contributed by atoms with Gasteiger partial charge in [0.1, 0.15) is 9.57 Å². The Balaban J connectivity index is 1.73. The highest BCUT2D eigenvalue weighted by molar-refractivity contribution is 8.23. The fourth-order valence-electron chi connectivity index (χ4n) is 3.80. The second kappa shape index (κ2) is 8.02. The number of thiocarbonyl (C=S) groups is 1. The Hall–Kier alpha value is -1.61. The molecule has 4 nitrogen and oxygen atoms in total. The van der Waals surface area contributed by atoms with Crippen LogP contribution in [0.25, 0.3) is 0 Å². The van der Waals surface area contributed by atoms with Crippen LogP contribution in [0.3, 0.4) is 0 Å². The van der Waals surface area contributed by atoms with Crippen molar-refractivity contribution in [3.05, 3.63) is 29.8 Å². The largest absolute Gasteiger partial charge is 0.416 e. The molecule has 28 heavy (non-hydrogen) atoms. The molecular formula is C19H21F3N2O2S2. The molecule has 0 aliphatic carbocycles. The number of likely N-dealkylation sites (tertiary alicyclic amines) is 1. The molecule has 2 aliphatic rings. The van der Waals surface area contributed by atoms with Crippen LogP contribution in [0.2, 0.25) is 0 Å². The molecule has 9 heteroatoms. The monoisotopic (exact) mass is 430 g/mol. The Morgan fingerprint density at radius 3 is 2.43 bits per heavy atom. The van der Waals surface area contributed by atoms with Gasteiger partial charge < -0.3 is 4.90 Å². The van der Waals surface area contributed by atoms with Crippen LogP contribution in [0.1, 0.15) is 32.3 Å². The summed E-state index contributed by atoms with van der Waals surface area (Å²) in [6.45, 7) is 5.91. The van der Waals surface area contributed by atoms with Crippen molar-refractivity contribution in [1.29, 1.82) is 0 Å². The summed E-state index contributed by atoms with van der Waals surface area (Å²) in [7, 11) is 0. The van der Waals surface area contributed by atoms with Crippen molar-refractivity contribution in [2.75, 3.05) is 18.0 Å². The van der Waals surface area contributed by atoms with Crippen molar-refractivity contribution in [1.82, 2.24) is 4.90 Å². The van der Waals surface area contributed by atoms with E-state index in [1.54, 1.807) is 0 Å². The summed E-state index contributed by atoms with van der Waals surface area (Å²) in [5.74, 6) is -0.0468. The molecule has 3 atom stereocenters. The van der Waals surface area contributed by atoms with Gasteiger partial charge in [0.05, 0.1) is 11.3 Å². The van der Waals surface area contributed by atoms with Gasteiger partial charge in [-0.15, -0.1) is 0 Å². The minimum absolute atomic E-state index is 0.0564. The number of benzene rings is 1. The predicted octanol–water partition coefficient (Wildman–Crippen LogP) is 4.33. The SMILES string of the molecule is CC1CC(C)CN(C(=S)SC2CC(=O)N(c3cccc(C(F)(F)F)c3)C2=O)C1. The fourth-order valence-corrected chi connectivity index (χ4v) is 5.27. The first kappa shape index (κ1) is 21.1. The molecule has 0 bridgehead atoms. The first-order valence-electron chi connectivity index (χ1n) is 9.06. The third-order valence-electron chi connectivity index (χ3n) is 4.91. The summed E-state index contributed by atoms with van der Waals surface area (Å²) in [6, 6.07) is 4.27. The van der Waals surface area contributed by atoms with E-state index in [1.807, 2.05) is 0 Å². The Kier molecular flexibility index (Phi) is 6.05. The third-order valence-corrected chi connectivity index (χ3v) is 6.57. The molecule has 3 unspecified atom stereocenters. The zero-order valence-electron chi connectivity index (χ0n) is 15.5. The molecule has 0 spiro atoms. The third kappa shape index (κ3) is 4.51. The number of alkyl halides is 3. The van der Waals surface area contributed by atoms with Gasteiger partial charge in [0.25, 0.3) is 0 Å². The van der Waals surface area contributed by atoms with E-state index in [4.69, 9.17) is 12.2 Å².